The van der Waals surface area contributed by atoms with Crippen molar-refractivity contribution in [2.24, 2.45) is 11.7 Å². The Hall–Kier alpha value is -0.690. The molecule has 5 nitrogen and oxygen atoms in total. The van der Waals surface area contributed by atoms with Gasteiger partial charge in [0.25, 0.3) is 0 Å². The number of aromatic nitrogens is 1. The average molecular weight is 318 g/mol. The molecule has 0 saturated carbocycles. The van der Waals surface area contributed by atoms with Crippen LogP contribution in [-0.2, 0) is 10.0 Å². The zero-order valence-corrected chi connectivity index (χ0v) is 13.1. The molecule has 0 aliphatic carbocycles. The molecule has 1 aromatic rings. The number of sulfonamides is 1. The molecule has 1 aliphatic rings. The molecular weight excluding hydrogens is 298 g/mol. The van der Waals surface area contributed by atoms with Gasteiger partial charge in [-0.15, -0.1) is 0 Å². The standard InChI is InChI=1S/C13H20ClN3O2S/c1-20(18,19)17-7-3-4-10(9-17)8-12(15)13-11(14)5-2-6-16-13/h2,5-6,10,12H,3-4,7-9,15H2,1H3. The number of pyridine rings is 1. The first-order valence-corrected chi connectivity index (χ1v) is 8.91. The predicted octanol–water partition coefficient (Wildman–Crippen LogP) is 1.80. The maximum Gasteiger partial charge on any atom is 0.211 e. The molecule has 0 aromatic carbocycles. The molecule has 112 valence electrons. The van der Waals surface area contributed by atoms with E-state index in [0.29, 0.717) is 30.2 Å². The number of nitrogens with two attached hydrogens (primary N) is 1. The third-order valence-corrected chi connectivity index (χ3v) is 5.27. The zero-order chi connectivity index (χ0) is 14.8. The van der Waals surface area contributed by atoms with Crippen LogP contribution in [0.15, 0.2) is 18.3 Å². The normalized spacial score (nSPS) is 22.6. The van der Waals surface area contributed by atoms with Crippen molar-refractivity contribution in [1.82, 2.24) is 9.29 Å². The van der Waals surface area contributed by atoms with Gasteiger partial charge in [0, 0.05) is 25.3 Å². The van der Waals surface area contributed by atoms with Crippen molar-refractivity contribution in [1.29, 1.82) is 0 Å². The van der Waals surface area contributed by atoms with E-state index in [-0.39, 0.29) is 12.0 Å². The van der Waals surface area contributed by atoms with Crippen molar-refractivity contribution >= 4 is 21.6 Å². The van der Waals surface area contributed by atoms with Crippen LogP contribution < -0.4 is 5.73 Å². The van der Waals surface area contributed by atoms with Crippen LogP contribution in [0.2, 0.25) is 5.02 Å². The second-order valence-electron chi connectivity index (χ2n) is 5.34. The minimum absolute atomic E-state index is 0.256. The van der Waals surface area contributed by atoms with Crippen molar-refractivity contribution in [3.63, 3.8) is 0 Å². The number of hydrogen-bond acceptors (Lipinski definition) is 4. The van der Waals surface area contributed by atoms with Crippen LogP contribution in [0.25, 0.3) is 0 Å². The smallest absolute Gasteiger partial charge is 0.211 e. The van der Waals surface area contributed by atoms with Crippen molar-refractivity contribution in [3.05, 3.63) is 29.0 Å². The van der Waals surface area contributed by atoms with Crippen LogP contribution in [0.4, 0.5) is 0 Å². The summed E-state index contributed by atoms with van der Waals surface area (Å²) in [5.41, 5.74) is 6.85. The fourth-order valence-electron chi connectivity index (χ4n) is 2.66. The Morgan fingerprint density at radius 3 is 3.00 bits per heavy atom. The van der Waals surface area contributed by atoms with E-state index in [1.54, 1.807) is 18.3 Å². The molecule has 2 rings (SSSR count). The fraction of sp³-hybridized carbons (Fsp3) is 0.615. The highest BCUT2D eigenvalue weighted by Gasteiger charge is 2.27. The Balaban J connectivity index is 2.01. The molecule has 1 saturated heterocycles. The van der Waals surface area contributed by atoms with Gasteiger partial charge in [-0.2, -0.15) is 0 Å². The fourth-order valence-corrected chi connectivity index (χ4v) is 3.87. The van der Waals surface area contributed by atoms with E-state index in [1.807, 2.05) is 0 Å². The van der Waals surface area contributed by atoms with Gasteiger partial charge in [-0.3, -0.25) is 4.98 Å². The molecule has 20 heavy (non-hydrogen) atoms. The SMILES string of the molecule is CS(=O)(=O)N1CCCC(CC(N)c2ncccc2Cl)C1. The van der Waals surface area contributed by atoms with Crippen LogP contribution in [-0.4, -0.2) is 37.1 Å². The van der Waals surface area contributed by atoms with Crippen molar-refractivity contribution in [2.75, 3.05) is 19.3 Å². The van der Waals surface area contributed by atoms with Gasteiger partial charge in [-0.05, 0) is 37.3 Å². The molecule has 0 spiro atoms. The first kappa shape index (κ1) is 15.7. The first-order chi connectivity index (χ1) is 9.38. The van der Waals surface area contributed by atoms with Gasteiger partial charge in [0.1, 0.15) is 0 Å². The van der Waals surface area contributed by atoms with E-state index < -0.39 is 10.0 Å². The maximum atomic E-state index is 11.6. The molecule has 1 aliphatic heterocycles. The Morgan fingerprint density at radius 2 is 2.35 bits per heavy atom. The van der Waals surface area contributed by atoms with E-state index in [4.69, 9.17) is 17.3 Å². The Bertz CT molecular complexity index is 564. The van der Waals surface area contributed by atoms with E-state index in [0.717, 1.165) is 12.8 Å². The van der Waals surface area contributed by atoms with Crippen molar-refractivity contribution in [3.8, 4) is 0 Å². The van der Waals surface area contributed by atoms with Gasteiger partial charge in [0.15, 0.2) is 0 Å². The van der Waals surface area contributed by atoms with E-state index in [9.17, 15) is 8.42 Å². The van der Waals surface area contributed by atoms with Gasteiger partial charge in [-0.1, -0.05) is 11.6 Å². The average Bonchev–Trinajstić information content (AvgIpc) is 2.38. The number of nitrogens with zero attached hydrogens (tertiary/aromatic N) is 2. The summed E-state index contributed by atoms with van der Waals surface area (Å²) in [6.45, 7) is 1.14. The molecule has 0 radical (unpaired) electrons. The molecule has 1 aromatic heterocycles. The Morgan fingerprint density at radius 1 is 1.60 bits per heavy atom. The molecule has 0 bridgehead atoms. The lowest BCUT2D eigenvalue weighted by Crippen LogP contribution is -2.40. The lowest BCUT2D eigenvalue weighted by atomic mass is 9.91. The lowest BCUT2D eigenvalue weighted by molar-refractivity contribution is 0.246. The zero-order valence-electron chi connectivity index (χ0n) is 11.5. The largest absolute Gasteiger partial charge is 0.323 e. The minimum atomic E-state index is -3.12. The number of rotatable bonds is 4. The number of piperidine rings is 1. The van der Waals surface area contributed by atoms with Crippen molar-refractivity contribution < 1.29 is 8.42 Å². The second-order valence-corrected chi connectivity index (χ2v) is 7.73. The van der Waals surface area contributed by atoms with E-state index >= 15 is 0 Å². The maximum absolute atomic E-state index is 11.6. The lowest BCUT2D eigenvalue weighted by Gasteiger charge is -2.32. The number of hydrogen-bond donors (Lipinski definition) is 1. The van der Waals surface area contributed by atoms with Gasteiger partial charge < -0.3 is 5.73 Å². The summed E-state index contributed by atoms with van der Waals surface area (Å²) in [4.78, 5) is 4.22. The summed E-state index contributed by atoms with van der Waals surface area (Å²) in [5, 5.41) is 0.566. The summed E-state index contributed by atoms with van der Waals surface area (Å²) in [7, 11) is -3.12. The first-order valence-electron chi connectivity index (χ1n) is 6.69. The quantitative estimate of drug-likeness (QED) is 0.918. The van der Waals surface area contributed by atoms with Gasteiger partial charge in [0.05, 0.1) is 17.0 Å². The van der Waals surface area contributed by atoms with Crippen LogP contribution in [0.3, 0.4) is 0 Å². The van der Waals surface area contributed by atoms with E-state index in [2.05, 4.69) is 4.98 Å². The Kier molecular flexibility index (Phi) is 5.01. The summed E-state index contributed by atoms with van der Waals surface area (Å²) in [5.74, 6) is 0.256. The topological polar surface area (TPSA) is 76.3 Å². The summed E-state index contributed by atoms with van der Waals surface area (Å²) < 4.78 is 24.7. The molecule has 0 amide bonds. The van der Waals surface area contributed by atoms with Crippen molar-refractivity contribution in [2.45, 2.75) is 25.3 Å². The van der Waals surface area contributed by atoms with Gasteiger partial charge >= 0.3 is 0 Å². The van der Waals surface area contributed by atoms with Crippen LogP contribution in [0.5, 0.6) is 0 Å². The molecule has 2 atom stereocenters. The summed E-state index contributed by atoms with van der Waals surface area (Å²) >= 11 is 6.09. The Labute approximate surface area is 125 Å². The van der Waals surface area contributed by atoms with Gasteiger partial charge in [0.2, 0.25) is 10.0 Å². The minimum Gasteiger partial charge on any atom is -0.323 e. The van der Waals surface area contributed by atoms with Crippen LogP contribution in [0, 0.1) is 5.92 Å². The summed E-state index contributed by atoms with van der Waals surface area (Å²) in [6, 6.07) is 3.28. The highest BCUT2D eigenvalue weighted by Crippen LogP contribution is 2.28. The third kappa shape index (κ3) is 3.91. The molecule has 2 N–H and O–H groups in total. The van der Waals surface area contributed by atoms with Crippen LogP contribution in [0.1, 0.15) is 31.0 Å². The highest BCUT2D eigenvalue weighted by atomic mass is 35.5. The highest BCUT2D eigenvalue weighted by molar-refractivity contribution is 7.88. The monoisotopic (exact) mass is 317 g/mol. The van der Waals surface area contributed by atoms with Crippen LogP contribution >= 0.6 is 11.6 Å². The predicted molar refractivity (Wildman–Crippen MR) is 79.9 cm³/mol. The molecule has 2 unspecified atom stereocenters. The third-order valence-electron chi connectivity index (χ3n) is 3.68. The molecule has 7 heteroatoms. The van der Waals surface area contributed by atoms with Gasteiger partial charge in [-0.25, -0.2) is 12.7 Å². The molecule has 1 fully saturated rings. The second kappa shape index (κ2) is 6.39. The molecular formula is C13H20ClN3O2S. The summed E-state index contributed by atoms with van der Waals surface area (Å²) in [6.07, 6.45) is 5.49. The number of halogens is 1. The van der Waals surface area contributed by atoms with E-state index in [1.165, 1.54) is 10.6 Å². The molecule has 2 heterocycles.